The van der Waals surface area contributed by atoms with Gasteiger partial charge in [-0.3, -0.25) is 24.8 Å². The van der Waals surface area contributed by atoms with Crippen molar-refractivity contribution in [1.82, 2.24) is 39.8 Å². The van der Waals surface area contributed by atoms with E-state index < -0.39 is 15.8 Å². The highest BCUT2D eigenvalue weighted by Crippen LogP contribution is 2.33. The van der Waals surface area contributed by atoms with Gasteiger partial charge in [0.15, 0.2) is 5.82 Å². The molecule has 1 saturated carbocycles. The van der Waals surface area contributed by atoms with E-state index in [9.17, 15) is 17.6 Å². The predicted octanol–water partition coefficient (Wildman–Crippen LogP) is 4.16. The summed E-state index contributed by atoms with van der Waals surface area (Å²) in [5.74, 6) is 0.0113. The Hall–Kier alpha value is -5.08. The summed E-state index contributed by atoms with van der Waals surface area (Å²) in [4.78, 5) is 33.6. The van der Waals surface area contributed by atoms with E-state index in [-0.39, 0.29) is 18.4 Å². The molecule has 0 unspecified atom stereocenters. The van der Waals surface area contributed by atoms with Crippen molar-refractivity contribution in [1.29, 1.82) is 0 Å². The fourth-order valence-corrected chi connectivity index (χ4v) is 5.28. The van der Waals surface area contributed by atoms with Crippen LogP contribution in [0.3, 0.4) is 0 Å². The molecule has 1 aliphatic carbocycles. The zero-order valence-electron chi connectivity index (χ0n) is 22.7. The summed E-state index contributed by atoms with van der Waals surface area (Å²) in [7, 11) is -3.46. The summed E-state index contributed by atoms with van der Waals surface area (Å²) in [5, 5.41) is 11.1. The number of benzene rings is 1. The van der Waals surface area contributed by atoms with Crippen LogP contribution < -0.4 is 10.0 Å². The molecule has 0 bridgehead atoms. The van der Waals surface area contributed by atoms with Crippen LogP contribution in [0, 0.1) is 11.7 Å². The second kappa shape index (κ2) is 10.3. The lowest BCUT2D eigenvalue weighted by atomic mass is 10.1. The number of fused-ring (bicyclic) bond motifs is 2. The quantitative estimate of drug-likeness (QED) is 0.203. The SMILES string of the molecule is CS(=O)(=O)NCc1cc(F)cc(-c2nccc3[nH]c(-c4n[nH]c5cnc(-c6cncc(NC(=O)C7CC7)c6)cc45)nc23)c1. The zero-order valence-corrected chi connectivity index (χ0v) is 23.5. The zero-order chi connectivity index (χ0) is 29.7. The Balaban J connectivity index is 1.25. The van der Waals surface area contributed by atoms with Crippen molar-refractivity contribution in [3.63, 3.8) is 0 Å². The standard InChI is InChI=1S/C29H24FN9O3S/c1-43(41,42)34-11-15-6-17(8-19(30)7-15)25-27-22(4-5-32-25)36-28(37-27)26-21-10-23(33-14-24(21)38-39-26)18-9-20(13-31-12-18)35-29(40)16-2-3-16/h4-10,12-14,16,34H,2-3,11H2,1H3,(H,35,40)(H,36,37)(H,38,39). The Morgan fingerprint density at radius 1 is 1.02 bits per heavy atom. The Bertz CT molecular complexity index is 2160. The van der Waals surface area contributed by atoms with E-state index in [4.69, 9.17) is 4.98 Å². The highest BCUT2D eigenvalue weighted by Gasteiger charge is 2.29. The summed E-state index contributed by atoms with van der Waals surface area (Å²) in [6.07, 6.45) is 9.41. The van der Waals surface area contributed by atoms with E-state index in [2.05, 4.69) is 40.2 Å². The molecule has 0 saturated heterocycles. The summed E-state index contributed by atoms with van der Waals surface area (Å²) in [6, 6.07) is 9.74. The number of aromatic amines is 2. The molecule has 14 heteroatoms. The van der Waals surface area contributed by atoms with Gasteiger partial charge in [-0.05, 0) is 54.8 Å². The third-order valence-electron chi connectivity index (χ3n) is 7.09. The Kier molecular flexibility index (Phi) is 6.43. The van der Waals surface area contributed by atoms with Crippen LogP contribution in [0.25, 0.3) is 56.0 Å². The van der Waals surface area contributed by atoms with Crippen molar-refractivity contribution in [2.75, 3.05) is 11.6 Å². The van der Waals surface area contributed by atoms with Gasteiger partial charge in [0, 0.05) is 41.4 Å². The van der Waals surface area contributed by atoms with Crippen molar-refractivity contribution < 1.29 is 17.6 Å². The number of anilines is 1. The first-order valence-corrected chi connectivity index (χ1v) is 15.3. The van der Waals surface area contributed by atoms with Crippen molar-refractivity contribution in [3.05, 3.63) is 72.6 Å². The van der Waals surface area contributed by atoms with Crippen LogP contribution in [-0.2, 0) is 21.4 Å². The molecule has 43 heavy (non-hydrogen) atoms. The molecule has 4 N–H and O–H groups in total. The Morgan fingerprint density at radius 3 is 2.70 bits per heavy atom. The first kappa shape index (κ1) is 26.8. The molecule has 0 aliphatic heterocycles. The number of halogens is 1. The van der Waals surface area contributed by atoms with Crippen molar-refractivity contribution >= 4 is 43.6 Å². The van der Waals surface area contributed by atoms with Gasteiger partial charge in [0.05, 0.1) is 46.8 Å². The van der Waals surface area contributed by atoms with Gasteiger partial charge < -0.3 is 10.3 Å². The number of hydrogen-bond donors (Lipinski definition) is 4. The molecule has 1 amide bonds. The Morgan fingerprint density at radius 2 is 1.88 bits per heavy atom. The summed E-state index contributed by atoms with van der Waals surface area (Å²) < 4.78 is 40.0. The number of hydrogen-bond acceptors (Lipinski definition) is 8. The minimum atomic E-state index is -3.46. The number of carbonyl (C=O) groups is 1. The maximum atomic E-state index is 14.6. The summed E-state index contributed by atoms with van der Waals surface area (Å²) in [5.41, 5.74) is 5.69. The molecule has 0 radical (unpaired) electrons. The van der Waals surface area contributed by atoms with E-state index in [1.165, 1.54) is 12.1 Å². The number of nitrogens with one attached hydrogen (secondary N) is 4. The largest absolute Gasteiger partial charge is 0.336 e. The van der Waals surface area contributed by atoms with E-state index in [1.807, 2.05) is 12.1 Å². The van der Waals surface area contributed by atoms with Crippen molar-refractivity contribution in [2.24, 2.45) is 5.92 Å². The molecule has 0 atom stereocenters. The highest BCUT2D eigenvalue weighted by molar-refractivity contribution is 7.88. The molecular weight excluding hydrogens is 573 g/mol. The molecular formula is C29H24FN9O3S. The summed E-state index contributed by atoms with van der Waals surface area (Å²) >= 11 is 0. The minimum Gasteiger partial charge on any atom is -0.336 e. The molecule has 1 fully saturated rings. The van der Waals surface area contributed by atoms with E-state index in [0.29, 0.717) is 56.3 Å². The average molecular weight is 598 g/mol. The molecule has 7 rings (SSSR count). The van der Waals surface area contributed by atoms with Gasteiger partial charge in [-0.2, -0.15) is 5.10 Å². The number of imidazole rings is 1. The topological polar surface area (TPSA) is 171 Å². The Labute approximate surface area is 244 Å². The van der Waals surface area contributed by atoms with Crippen molar-refractivity contribution in [3.8, 4) is 34.0 Å². The third-order valence-corrected chi connectivity index (χ3v) is 7.76. The van der Waals surface area contributed by atoms with Gasteiger partial charge in [0.2, 0.25) is 15.9 Å². The molecule has 1 aliphatic rings. The van der Waals surface area contributed by atoms with Gasteiger partial charge in [-0.1, -0.05) is 0 Å². The lowest BCUT2D eigenvalue weighted by Gasteiger charge is -2.07. The van der Waals surface area contributed by atoms with Gasteiger partial charge >= 0.3 is 0 Å². The van der Waals surface area contributed by atoms with Crippen LogP contribution >= 0.6 is 0 Å². The van der Waals surface area contributed by atoms with Crippen LogP contribution in [0.2, 0.25) is 0 Å². The second-order valence-corrected chi connectivity index (χ2v) is 12.3. The van der Waals surface area contributed by atoms with Crippen LogP contribution in [0.15, 0.2) is 61.2 Å². The number of rotatable bonds is 8. The first-order chi connectivity index (χ1) is 20.7. The molecule has 5 aromatic heterocycles. The highest BCUT2D eigenvalue weighted by atomic mass is 32.2. The number of carbonyl (C=O) groups excluding carboxylic acids is 1. The van der Waals surface area contributed by atoms with E-state index in [0.717, 1.165) is 30.0 Å². The van der Waals surface area contributed by atoms with Gasteiger partial charge in [-0.25, -0.2) is 22.5 Å². The number of amides is 1. The predicted molar refractivity (Wildman–Crippen MR) is 158 cm³/mol. The second-order valence-electron chi connectivity index (χ2n) is 10.5. The number of sulfonamides is 1. The summed E-state index contributed by atoms with van der Waals surface area (Å²) in [6.45, 7) is -0.0632. The monoisotopic (exact) mass is 597 g/mol. The first-order valence-electron chi connectivity index (χ1n) is 13.4. The normalized spacial score (nSPS) is 13.5. The number of aromatic nitrogens is 7. The fourth-order valence-electron chi connectivity index (χ4n) is 4.86. The smallest absolute Gasteiger partial charge is 0.227 e. The van der Waals surface area contributed by atoms with Crippen LogP contribution in [-0.4, -0.2) is 55.7 Å². The number of H-pyrrole nitrogens is 2. The molecule has 1 aromatic carbocycles. The van der Waals surface area contributed by atoms with Crippen molar-refractivity contribution in [2.45, 2.75) is 19.4 Å². The number of pyridine rings is 3. The van der Waals surface area contributed by atoms with Gasteiger partial charge in [-0.15, -0.1) is 0 Å². The van der Waals surface area contributed by atoms with Crippen LogP contribution in [0.4, 0.5) is 10.1 Å². The van der Waals surface area contributed by atoms with Crippen LogP contribution in [0.5, 0.6) is 0 Å². The molecule has 5 heterocycles. The maximum Gasteiger partial charge on any atom is 0.227 e. The third kappa shape index (κ3) is 5.57. The molecule has 0 spiro atoms. The van der Waals surface area contributed by atoms with E-state index in [1.54, 1.807) is 36.9 Å². The lowest BCUT2D eigenvalue weighted by Crippen LogP contribution is -2.21. The molecule has 216 valence electrons. The molecule has 6 aromatic rings. The minimum absolute atomic E-state index is 0.00161. The fraction of sp³-hybridized carbons (Fsp3) is 0.172. The maximum absolute atomic E-state index is 14.6. The van der Waals surface area contributed by atoms with E-state index >= 15 is 0 Å². The average Bonchev–Trinajstić information content (AvgIpc) is 3.61. The van der Waals surface area contributed by atoms with Gasteiger partial charge in [0.1, 0.15) is 17.0 Å². The molecule has 12 nitrogen and oxygen atoms in total. The lowest BCUT2D eigenvalue weighted by molar-refractivity contribution is -0.117. The number of nitrogens with zero attached hydrogens (tertiary/aromatic N) is 5. The van der Waals surface area contributed by atoms with Crippen LogP contribution in [0.1, 0.15) is 18.4 Å². The van der Waals surface area contributed by atoms with Gasteiger partial charge in [0.25, 0.3) is 0 Å².